The third-order valence-electron chi connectivity index (χ3n) is 4.09. The number of nitrogens with one attached hydrogen (secondary N) is 1. The van der Waals surface area contributed by atoms with Crippen molar-refractivity contribution in [2.24, 2.45) is 0 Å². The molecule has 0 saturated carbocycles. The maximum Gasteiger partial charge on any atom is 0.294 e. The number of aryl methyl sites for hydroxylation is 1. The van der Waals surface area contributed by atoms with Crippen LogP contribution in [0.5, 0.6) is 5.75 Å². The van der Waals surface area contributed by atoms with E-state index in [9.17, 15) is 33.0 Å². The van der Waals surface area contributed by atoms with E-state index in [2.05, 4.69) is 5.32 Å². The number of benzene rings is 3. The van der Waals surface area contributed by atoms with Crippen molar-refractivity contribution in [2.45, 2.75) is 11.8 Å². The number of rotatable bonds is 4. The highest BCUT2D eigenvalue weighted by molar-refractivity contribution is 7.85. The van der Waals surface area contributed by atoms with Crippen molar-refractivity contribution in [2.75, 3.05) is 5.32 Å². The van der Waals surface area contributed by atoms with Crippen LogP contribution in [-0.2, 0) is 10.1 Å². The number of amides is 1. The standard InChI is InChI=1S/C18H14N2O7S/c1-10-5-6-13(16(7-10)20(23)24)18(22)19-15-4-2-3-12-14(15)8-11(9-17(12)21)28(25,26)27/h2-9,21H,1H3,(H,19,22)(H,25,26,27). The summed E-state index contributed by atoms with van der Waals surface area (Å²) in [6.45, 7) is 1.65. The summed E-state index contributed by atoms with van der Waals surface area (Å²) < 4.78 is 32.1. The average Bonchev–Trinajstić information content (AvgIpc) is 2.61. The molecule has 0 aliphatic carbocycles. The molecule has 0 bridgehead atoms. The molecule has 0 radical (unpaired) electrons. The molecule has 3 aromatic rings. The van der Waals surface area contributed by atoms with Crippen LogP contribution >= 0.6 is 0 Å². The van der Waals surface area contributed by atoms with Crippen molar-refractivity contribution < 1.29 is 27.8 Å². The van der Waals surface area contributed by atoms with Crippen LogP contribution in [0.4, 0.5) is 11.4 Å². The van der Waals surface area contributed by atoms with Crippen LogP contribution in [0.3, 0.4) is 0 Å². The van der Waals surface area contributed by atoms with Crippen LogP contribution in [0, 0.1) is 17.0 Å². The molecule has 28 heavy (non-hydrogen) atoms. The summed E-state index contributed by atoms with van der Waals surface area (Å²) in [6, 6.07) is 10.5. The maximum absolute atomic E-state index is 12.6. The second-order valence-corrected chi connectivity index (χ2v) is 7.47. The van der Waals surface area contributed by atoms with Crippen molar-refractivity contribution in [3.05, 3.63) is 69.8 Å². The topological polar surface area (TPSA) is 147 Å². The quantitative estimate of drug-likeness (QED) is 0.345. The second kappa shape index (κ2) is 6.91. The molecule has 9 nitrogen and oxygen atoms in total. The first-order valence-electron chi connectivity index (χ1n) is 7.87. The molecule has 10 heteroatoms. The number of carbonyl (C=O) groups is 1. The number of carbonyl (C=O) groups excluding carboxylic acids is 1. The van der Waals surface area contributed by atoms with Crippen molar-refractivity contribution >= 4 is 38.2 Å². The summed E-state index contributed by atoms with van der Waals surface area (Å²) in [5.74, 6) is -1.20. The highest BCUT2D eigenvalue weighted by atomic mass is 32.2. The lowest BCUT2D eigenvalue weighted by molar-refractivity contribution is -0.385. The molecule has 1 amide bonds. The molecule has 3 rings (SSSR count). The number of nitro groups is 1. The van der Waals surface area contributed by atoms with Crippen molar-refractivity contribution in [1.82, 2.24) is 0 Å². The van der Waals surface area contributed by atoms with E-state index in [1.807, 2.05) is 0 Å². The summed E-state index contributed by atoms with van der Waals surface area (Å²) in [4.78, 5) is 22.6. The number of nitrogens with zero attached hydrogens (tertiary/aromatic N) is 1. The summed E-state index contributed by atoms with van der Waals surface area (Å²) in [7, 11) is -4.60. The zero-order valence-electron chi connectivity index (χ0n) is 14.4. The van der Waals surface area contributed by atoms with Gasteiger partial charge in [-0.3, -0.25) is 19.5 Å². The molecule has 0 fully saturated rings. The summed E-state index contributed by atoms with van der Waals surface area (Å²) >= 11 is 0. The van der Waals surface area contributed by atoms with Gasteiger partial charge in [0.05, 0.1) is 9.82 Å². The molecule has 0 aliphatic heterocycles. The van der Waals surface area contributed by atoms with Gasteiger partial charge in [-0.15, -0.1) is 0 Å². The predicted octanol–water partition coefficient (Wildman–Crippen LogP) is 3.26. The average molecular weight is 402 g/mol. The molecule has 0 spiro atoms. The summed E-state index contributed by atoms with van der Waals surface area (Å²) in [5.41, 5.74) is 0.163. The van der Waals surface area contributed by atoms with E-state index in [4.69, 9.17) is 0 Å². The molecular formula is C18H14N2O7S. The third-order valence-corrected chi connectivity index (χ3v) is 4.92. The van der Waals surface area contributed by atoms with Gasteiger partial charge in [-0.1, -0.05) is 18.2 Å². The van der Waals surface area contributed by atoms with E-state index >= 15 is 0 Å². The molecule has 0 aromatic heterocycles. The number of phenols is 1. The number of hydrogen-bond donors (Lipinski definition) is 3. The molecule has 0 atom stereocenters. The van der Waals surface area contributed by atoms with Gasteiger partial charge in [-0.25, -0.2) is 0 Å². The normalized spacial score (nSPS) is 11.4. The first-order valence-corrected chi connectivity index (χ1v) is 9.31. The van der Waals surface area contributed by atoms with E-state index in [-0.39, 0.29) is 27.7 Å². The van der Waals surface area contributed by atoms with Crippen molar-refractivity contribution in [1.29, 1.82) is 0 Å². The Morgan fingerprint density at radius 1 is 1.11 bits per heavy atom. The molecule has 144 valence electrons. The summed E-state index contributed by atoms with van der Waals surface area (Å²) in [6.07, 6.45) is 0. The molecule has 0 saturated heterocycles. The number of phenolic OH excluding ortho intramolecular Hbond substituents is 1. The minimum absolute atomic E-state index is 0.109. The number of fused-ring (bicyclic) bond motifs is 1. The lowest BCUT2D eigenvalue weighted by atomic mass is 10.1. The van der Waals surface area contributed by atoms with E-state index in [1.165, 1.54) is 30.3 Å². The third kappa shape index (κ3) is 3.63. The Labute approximate surface area is 159 Å². The number of nitro benzene ring substituents is 1. The lowest BCUT2D eigenvalue weighted by Crippen LogP contribution is -2.14. The Hall–Kier alpha value is -3.50. The van der Waals surface area contributed by atoms with E-state index < -0.39 is 31.6 Å². The minimum atomic E-state index is -4.60. The Morgan fingerprint density at radius 3 is 2.46 bits per heavy atom. The maximum atomic E-state index is 12.6. The number of anilines is 1. The smallest absolute Gasteiger partial charge is 0.294 e. The Balaban J connectivity index is 2.12. The molecule has 0 unspecified atom stereocenters. The molecule has 0 aliphatic rings. The fourth-order valence-electron chi connectivity index (χ4n) is 2.77. The highest BCUT2D eigenvalue weighted by Crippen LogP contribution is 2.33. The van der Waals surface area contributed by atoms with E-state index in [0.29, 0.717) is 5.56 Å². The van der Waals surface area contributed by atoms with Crippen LogP contribution in [-0.4, -0.2) is 28.9 Å². The highest BCUT2D eigenvalue weighted by Gasteiger charge is 2.21. The van der Waals surface area contributed by atoms with Crippen LogP contribution in [0.2, 0.25) is 0 Å². The van der Waals surface area contributed by atoms with E-state index in [0.717, 1.165) is 12.1 Å². The molecule has 3 aromatic carbocycles. The first-order chi connectivity index (χ1) is 13.1. The predicted molar refractivity (Wildman–Crippen MR) is 101 cm³/mol. The Morgan fingerprint density at radius 2 is 1.82 bits per heavy atom. The monoisotopic (exact) mass is 402 g/mol. The first kappa shape index (κ1) is 19.3. The van der Waals surface area contributed by atoms with Crippen LogP contribution in [0.1, 0.15) is 15.9 Å². The Bertz CT molecular complexity index is 1240. The Kier molecular flexibility index (Phi) is 4.75. The van der Waals surface area contributed by atoms with Crippen LogP contribution in [0.25, 0.3) is 10.8 Å². The van der Waals surface area contributed by atoms with Crippen molar-refractivity contribution in [3.63, 3.8) is 0 Å². The second-order valence-electron chi connectivity index (χ2n) is 6.05. The van der Waals surface area contributed by atoms with Crippen LogP contribution < -0.4 is 5.32 Å². The van der Waals surface area contributed by atoms with Gasteiger partial charge in [-0.05, 0) is 30.7 Å². The van der Waals surface area contributed by atoms with Gasteiger partial charge in [0.15, 0.2) is 0 Å². The zero-order chi connectivity index (χ0) is 20.6. The van der Waals surface area contributed by atoms with Gasteiger partial charge in [0, 0.05) is 28.6 Å². The van der Waals surface area contributed by atoms with Crippen molar-refractivity contribution in [3.8, 4) is 5.75 Å². The zero-order valence-corrected chi connectivity index (χ0v) is 15.2. The lowest BCUT2D eigenvalue weighted by Gasteiger charge is -2.11. The number of hydrogen-bond acceptors (Lipinski definition) is 6. The fourth-order valence-corrected chi connectivity index (χ4v) is 3.30. The molecule has 0 heterocycles. The van der Waals surface area contributed by atoms with Crippen LogP contribution in [0.15, 0.2) is 53.4 Å². The van der Waals surface area contributed by atoms with Gasteiger partial charge in [0.2, 0.25) is 0 Å². The van der Waals surface area contributed by atoms with E-state index in [1.54, 1.807) is 13.0 Å². The largest absolute Gasteiger partial charge is 0.507 e. The van der Waals surface area contributed by atoms with Gasteiger partial charge >= 0.3 is 0 Å². The van der Waals surface area contributed by atoms with Gasteiger partial charge < -0.3 is 10.4 Å². The molecular weight excluding hydrogens is 388 g/mol. The minimum Gasteiger partial charge on any atom is -0.507 e. The SMILES string of the molecule is Cc1ccc(C(=O)Nc2cccc3c(O)cc(S(=O)(=O)O)cc23)c([N+](=O)[O-])c1. The number of aromatic hydroxyl groups is 1. The van der Waals surface area contributed by atoms with Gasteiger partial charge in [0.1, 0.15) is 11.3 Å². The fraction of sp³-hybridized carbons (Fsp3) is 0.0556. The van der Waals surface area contributed by atoms with Gasteiger partial charge in [-0.2, -0.15) is 8.42 Å². The summed E-state index contributed by atoms with van der Waals surface area (Å²) in [5, 5.41) is 24.2. The van der Waals surface area contributed by atoms with Gasteiger partial charge in [0.25, 0.3) is 21.7 Å². The molecule has 3 N–H and O–H groups in total.